The third-order valence-corrected chi connectivity index (χ3v) is 4.35. The number of rotatable bonds is 4. The molecule has 0 aromatic carbocycles. The van der Waals surface area contributed by atoms with Crippen LogP contribution in [-0.2, 0) is 11.8 Å². The van der Waals surface area contributed by atoms with Crippen LogP contribution in [0.2, 0.25) is 0 Å². The highest BCUT2D eigenvalue weighted by Gasteiger charge is 2.18. The molecule has 0 aliphatic carbocycles. The summed E-state index contributed by atoms with van der Waals surface area (Å²) in [7, 11) is 1.99. The van der Waals surface area contributed by atoms with E-state index < -0.39 is 0 Å². The smallest absolute Gasteiger partial charge is 0.191 e. The van der Waals surface area contributed by atoms with Crippen LogP contribution in [0.4, 0.5) is 0 Å². The van der Waals surface area contributed by atoms with Gasteiger partial charge in [-0.2, -0.15) is 0 Å². The van der Waals surface area contributed by atoms with E-state index in [-0.39, 0.29) is 0 Å². The van der Waals surface area contributed by atoms with Crippen molar-refractivity contribution in [3.05, 3.63) is 24.5 Å². The predicted molar refractivity (Wildman–Crippen MR) is 73.9 cm³/mol. The van der Waals surface area contributed by atoms with E-state index in [4.69, 9.17) is 4.74 Å². The molecule has 0 N–H and O–H groups in total. The van der Waals surface area contributed by atoms with Gasteiger partial charge < -0.3 is 9.30 Å². The molecule has 1 fully saturated rings. The number of thioether (sulfide) groups is 1. The van der Waals surface area contributed by atoms with Gasteiger partial charge in [0.2, 0.25) is 0 Å². The van der Waals surface area contributed by atoms with Gasteiger partial charge in [-0.15, -0.1) is 10.2 Å². The lowest BCUT2D eigenvalue weighted by atomic mass is 10.2. The second-order valence-electron chi connectivity index (χ2n) is 4.55. The van der Waals surface area contributed by atoms with Gasteiger partial charge in [0.1, 0.15) is 0 Å². The largest absolute Gasteiger partial charge is 0.377 e. The van der Waals surface area contributed by atoms with E-state index in [0.717, 1.165) is 35.3 Å². The summed E-state index contributed by atoms with van der Waals surface area (Å²) in [4.78, 5) is 4.02. The van der Waals surface area contributed by atoms with Gasteiger partial charge in [-0.05, 0) is 25.0 Å². The number of pyridine rings is 1. The Hall–Kier alpha value is -1.40. The molecule has 5 nitrogen and oxygen atoms in total. The van der Waals surface area contributed by atoms with Crippen LogP contribution in [0.5, 0.6) is 0 Å². The van der Waals surface area contributed by atoms with Gasteiger partial charge in [-0.1, -0.05) is 11.8 Å². The van der Waals surface area contributed by atoms with Crippen molar-refractivity contribution in [2.24, 2.45) is 7.05 Å². The summed E-state index contributed by atoms with van der Waals surface area (Å²) in [6, 6.07) is 3.89. The molecule has 2 aromatic heterocycles. The first-order valence-corrected chi connectivity index (χ1v) is 7.37. The van der Waals surface area contributed by atoms with Gasteiger partial charge in [0, 0.05) is 37.4 Å². The third kappa shape index (κ3) is 2.79. The van der Waals surface area contributed by atoms with E-state index in [1.165, 1.54) is 6.42 Å². The zero-order valence-corrected chi connectivity index (χ0v) is 11.6. The number of aromatic nitrogens is 4. The molecule has 6 heteroatoms. The molecule has 0 spiro atoms. The average molecular weight is 276 g/mol. The Morgan fingerprint density at radius 1 is 1.37 bits per heavy atom. The summed E-state index contributed by atoms with van der Waals surface area (Å²) < 4.78 is 7.64. The van der Waals surface area contributed by atoms with Gasteiger partial charge in [0.15, 0.2) is 11.0 Å². The lowest BCUT2D eigenvalue weighted by Crippen LogP contribution is -2.08. The van der Waals surface area contributed by atoms with Gasteiger partial charge in [0.25, 0.3) is 0 Å². The molecule has 1 atom stereocenters. The van der Waals surface area contributed by atoms with E-state index in [1.54, 1.807) is 24.2 Å². The van der Waals surface area contributed by atoms with E-state index in [9.17, 15) is 0 Å². The summed E-state index contributed by atoms with van der Waals surface area (Å²) >= 11 is 1.71. The Kier molecular flexibility index (Phi) is 3.79. The number of nitrogens with zero attached hydrogens (tertiary/aromatic N) is 4. The third-order valence-electron chi connectivity index (χ3n) is 3.20. The van der Waals surface area contributed by atoms with Crippen molar-refractivity contribution in [3.8, 4) is 11.4 Å². The van der Waals surface area contributed by atoms with Crippen molar-refractivity contribution in [3.63, 3.8) is 0 Å². The summed E-state index contributed by atoms with van der Waals surface area (Å²) in [5, 5.41) is 9.44. The zero-order valence-electron chi connectivity index (χ0n) is 10.8. The Morgan fingerprint density at radius 3 is 2.95 bits per heavy atom. The molecule has 3 heterocycles. The molecular weight excluding hydrogens is 260 g/mol. The van der Waals surface area contributed by atoms with Crippen LogP contribution in [-0.4, -0.2) is 38.2 Å². The summed E-state index contributed by atoms with van der Waals surface area (Å²) in [5.74, 6) is 1.82. The minimum Gasteiger partial charge on any atom is -0.377 e. The molecule has 0 bridgehead atoms. The van der Waals surface area contributed by atoms with Crippen LogP contribution in [0, 0.1) is 0 Å². The summed E-state index contributed by atoms with van der Waals surface area (Å²) in [6.45, 7) is 0.895. The molecule has 19 heavy (non-hydrogen) atoms. The number of hydrogen-bond donors (Lipinski definition) is 0. The monoisotopic (exact) mass is 276 g/mol. The zero-order chi connectivity index (χ0) is 13.1. The molecule has 0 saturated carbocycles. The molecular formula is C13H16N4OS. The quantitative estimate of drug-likeness (QED) is 0.801. The van der Waals surface area contributed by atoms with Crippen molar-refractivity contribution in [1.82, 2.24) is 19.7 Å². The van der Waals surface area contributed by atoms with Gasteiger partial charge in [-0.25, -0.2) is 0 Å². The Labute approximate surface area is 116 Å². The second kappa shape index (κ2) is 5.71. The van der Waals surface area contributed by atoms with Crippen LogP contribution in [0.1, 0.15) is 12.8 Å². The molecule has 0 radical (unpaired) electrons. The van der Waals surface area contributed by atoms with E-state index >= 15 is 0 Å². The minimum atomic E-state index is 0.367. The molecule has 1 saturated heterocycles. The minimum absolute atomic E-state index is 0.367. The second-order valence-corrected chi connectivity index (χ2v) is 5.53. The van der Waals surface area contributed by atoms with Crippen molar-refractivity contribution < 1.29 is 4.74 Å². The van der Waals surface area contributed by atoms with Crippen molar-refractivity contribution in [2.45, 2.75) is 24.1 Å². The standard InChI is InChI=1S/C13H16N4OS/c1-17-12(10-4-6-14-7-5-10)15-16-13(17)19-9-11-3-2-8-18-11/h4-7,11H,2-3,8-9H2,1H3/t11-/m0/s1. The predicted octanol–water partition coefficient (Wildman–Crippen LogP) is 2.15. The molecule has 0 amide bonds. The maximum atomic E-state index is 5.62. The fraction of sp³-hybridized carbons (Fsp3) is 0.462. The number of ether oxygens (including phenoxy) is 1. The lowest BCUT2D eigenvalue weighted by molar-refractivity contribution is 0.129. The van der Waals surface area contributed by atoms with Gasteiger partial charge in [0.05, 0.1) is 6.10 Å². The maximum Gasteiger partial charge on any atom is 0.191 e. The first-order chi connectivity index (χ1) is 9.34. The van der Waals surface area contributed by atoms with E-state index in [2.05, 4.69) is 15.2 Å². The van der Waals surface area contributed by atoms with E-state index in [0.29, 0.717) is 6.10 Å². The average Bonchev–Trinajstić information content (AvgIpc) is 3.07. The van der Waals surface area contributed by atoms with Crippen molar-refractivity contribution >= 4 is 11.8 Å². The first-order valence-electron chi connectivity index (χ1n) is 6.39. The topological polar surface area (TPSA) is 52.8 Å². The highest BCUT2D eigenvalue weighted by Crippen LogP contribution is 2.25. The van der Waals surface area contributed by atoms with Gasteiger partial charge in [-0.3, -0.25) is 4.98 Å². The van der Waals surface area contributed by atoms with Crippen LogP contribution in [0.15, 0.2) is 29.7 Å². The van der Waals surface area contributed by atoms with Crippen LogP contribution in [0.3, 0.4) is 0 Å². The summed E-state index contributed by atoms with van der Waals surface area (Å²) in [6.07, 6.45) is 6.23. The normalized spacial score (nSPS) is 18.9. The van der Waals surface area contributed by atoms with Crippen molar-refractivity contribution in [2.75, 3.05) is 12.4 Å². The Bertz CT molecular complexity index is 537. The van der Waals surface area contributed by atoms with E-state index in [1.807, 2.05) is 23.7 Å². The maximum absolute atomic E-state index is 5.62. The molecule has 100 valence electrons. The highest BCUT2D eigenvalue weighted by atomic mass is 32.2. The Morgan fingerprint density at radius 2 is 2.21 bits per heavy atom. The Balaban J connectivity index is 1.72. The van der Waals surface area contributed by atoms with Crippen LogP contribution >= 0.6 is 11.8 Å². The molecule has 1 aliphatic rings. The van der Waals surface area contributed by atoms with Crippen LogP contribution in [0.25, 0.3) is 11.4 Å². The van der Waals surface area contributed by atoms with Gasteiger partial charge >= 0.3 is 0 Å². The SMILES string of the molecule is Cn1c(SC[C@@H]2CCCO2)nnc1-c1ccncc1. The summed E-state index contributed by atoms with van der Waals surface area (Å²) in [5.41, 5.74) is 1.04. The highest BCUT2D eigenvalue weighted by molar-refractivity contribution is 7.99. The molecule has 3 rings (SSSR count). The lowest BCUT2D eigenvalue weighted by Gasteiger charge is -2.08. The van der Waals surface area contributed by atoms with Crippen molar-refractivity contribution in [1.29, 1.82) is 0 Å². The first kappa shape index (κ1) is 12.6. The molecule has 2 aromatic rings. The number of hydrogen-bond acceptors (Lipinski definition) is 5. The van der Waals surface area contributed by atoms with Crippen LogP contribution < -0.4 is 0 Å². The molecule has 1 aliphatic heterocycles. The molecule has 0 unspecified atom stereocenters. The fourth-order valence-corrected chi connectivity index (χ4v) is 3.11. The fourth-order valence-electron chi connectivity index (χ4n) is 2.14.